The van der Waals surface area contributed by atoms with Gasteiger partial charge in [0, 0.05) is 11.6 Å². The first-order chi connectivity index (χ1) is 18.5. The highest BCUT2D eigenvalue weighted by atomic mass is 32.2. The van der Waals surface area contributed by atoms with Gasteiger partial charge in [-0.05, 0) is 48.6 Å². The minimum Gasteiger partial charge on any atom is -0.370 e. The van der Waals surface area contributed by atoms with E-state index in [1.165, 1.54) is 4.90 Å². The molecule has 39 heavy (non-hydrogen) atoms. The van der Waals surface area contributed by atoms with E-state index in [4.69, 9.17) is 0 Å². The maximum atomic E-state index is 13.7. The highest BCUT2D eigenvalue weighted by molar-refractivity contribution is 7.88. The third kappa shape index (κ3) is 5.26. The molecular weight excluding hydrogens is 524 g/mol. The molecule has 0 saturated carbocycles. The van der Waals surface area contributed by atoms with Crippen LogP contribution < -0.4 is 10.6 Å². The van der Waals surface area contributed by atoms with Crippen molar-refractivity contribution in [2.45, 2.75) is 62.5 Å². The first kappa shape index (κ1) is 26.8. The Balaban J connectivity index is 1.32. The van der Waals surface area contributed by atoms with E-state index in [1.54, 1.807) is 12.1 Å². The van der Waals surface area contributed by atoms with Gasteiger partial charge < -0.3 is 20.6 Å². The first-order valence-electron chi connectivity index (χ1n) is 12.8. The number of nitrogens with one attached hydrogen (secondary N) is 2. The smallest absolute Gasteiger partial charge is 0.251 e. The number of carbonyl (C=O) groups is 4. The van der Waals surface area contributed by atoms with E-state index >= 15 is 0 Å². The second-order valence-electron chi connectivity index (χ2n) is 10.2. The summed E-state index contributed by atoms with van der Waals surface area (Å²) in [6.07, 6.45) is 4.21. The van der Waals surface area contributed by atoms with Crippen LogP contribution >= 0.6 is 0 Å². The number of carbonyl (C=O) groups excluding carboxylic acids is 4. The number of fused-ring (bicyclic) bond motifs is 2. The Labute approximate surface area is 225 Å². The Kier molecular flexibility index (Phi) is 7.17. The zero-order valence-corrected chi connectivity index (χ0v) is 22.1. The van der Waals surface area contributed by atoms with Gasteiger partial charge in [-0.3, -0.25) is 19.2 Å². The predicted molar refractivity (Wildman–Crippen MR) is 141 cm³/mol. The van der Waals surface area contributed by atoms with Crippen LogP contribution in [0.25, 0.3) is 10.8 Å². The van der Waals surface area contributed by atoms with Crippen molar-refractivity contribution in [2.24, 2.45) is 0 Å². The SMILES string of the molecule is CS(=O)(=O)N1C(=O)CC(NC(=O)C2CCC3C/C=C\CC(NC(=O)c4ccc5ccccc5c4)C(=O)N32)C1O. The van der Waals surface area contributed by atoms with Crippen molar-refractivity contribution in [3.8, 4) is 0 Å². The standard InChI is InChI=1S/C27H30N4O7S/c1-39(37,38)31-23(32)15-21(27(31)36)29-25(34)22-13-12-19-8-4-5-9-20(26(35)30(19)22)28-24(33)18-11-10-16-6-2-3-7-17(16)14-18/h2-7,10-11,14,19-22,27,36H,8-9,12-13,15H2,1H3,(H,28,33)(H,29,34)/b5-4-. The van der Waals surface area contributed by atoms with E-state index in [1.807, 2.05) is 42.5 Å². The molecule has 0 bridgehead atoms. The Morgan fingerprint density at radius 3 is 2.41 bits per heavy atom. The van der Waals surface area contributed by atoms with E-state index in [2.05, 4.69) is 10.6 Å². The van der Waals surface area contributed by atoms with Crippen LogP contribution in [-0.2, 0) is 24.4 Å². The molecule has 3 aliphatic heterocycles. The summed E-state index contributed by atoms with van der Waals surface area (Å²) in [6, 6.07) is 9.77. The van der Waals surface area contributed by atoms with Crippen LogP contribution in [0.1, 0.15) is 42.5 Å². The minimum absolute atomic E-state index is 0.257. The third-order valence-electron chi connectivity index (χ3n) is 7.55. The van der Waals surface area contributed by atoms with E-state index in [0.29, 0.717) is 29.1 Å². The highest BCUT2D eigenvalue weighted by Crippen LogP contribution is 2.30. The summed E-state index contributed by atoms with van der Waals surface area (Å²) in [7, 11) is -4.01. The van der Waals surface area contributed by atoms with Crippen LogP contribution in [0.4, 0.5) is 0 Å². The topological polar surface area (TPSA) is 153 Å². The summed E-state index contributed by atoms with van der Waals surface area (Å²) in [5, 5.41) is 17.7. The molecule has 0 aromatic heterocycles. The van der Waals surface area contributed by atoms with Crippen molar-refractivity contribution >= 4 is 44.4 Å². The zero-order valence-electron chi connectivity index (χ0n) is 21.3. The lowest BCUT2D eigenvalue weighted by Crippen LogP contribution is -2.57. The number of aliphatic hydroxyl groups is 1. The molecule has 3 heterocycles. The molecule has 2 saturated heterocycles. The van der Waals surface area contributed by atoms with Gasteiger partial charge in [-0.1, -0.05) is 42.5 Å². The Morgan fingerprint density at radius 1 is 0.974 bits per heavy atom. The fraction of sp³-hybridized carbons (Fsp3) is 0.407. The molecule has 2 aromatic carbocycles. The average molecular weight is 555 g/mol. The van der Waals surface area contributed by atoms with Gasteiger partial charge in [-0.15, -0.1) is 0 Å². The fourth-order valence-corrected chi connectivity index (χ4v) is 6.63. The van der Waals surface area contributed by atoms with Crippen LogP contribution in [0, 0.1) is 0 Å². The number of aliphatic hydroxyl groups excluding tert-OH is 1. The van der Waals surface area contributed by atoms with E-state index in [9.17, 15) is 32.7 Å². The number of nitrogens with zero attached hydrogens (tertiary/aromatic N) is 2. The number of hydrogen-bond donors (Lipinski definition) is 3. The normalized spacial score (nSPS) is 28.1. The molecule has 3 aliphatic rings. The number of amides is 4. The van der Waals surface area contributed by atoms with Gasteiger partial charge in [0.15, 0.2) is 6.23 Å². The first-order valence-corrected chi connectivity index (χ1v) is 14.7. The van der Waals surface area contributed by atoms with Crippen molar-refractivity contribution in [3.63, 3.8) is 0 Å². The third-order valence-corrected chi connectivity index (χ3v) is 8.68. The molecule has 3 N–H and O–H groups in total. The Morgan fingerprint density at radius 2 is 1.69 bits per heavy atom. The molecule has 0 spiro atoms. The lowest BCUT2D eigenvalue weighted by Gasteiger charge is -2.34. The molecular formula is C27H30N4O7S. The molecule has 5 rings (SSSR count). The molecule has 2 fully saturated rings. The monoisotopic (exact) mass is 554 g/mol. The number of benzene rings is 2. The van der Waals surface area contributed by atoms with Gasteiger partial charge in [0.2, 0.25) is 27.7 Å². The molecule has 0 aliphatic carbocycles. The second kappa shape index (κ2) is 10.4. The van der Waals surface area contributed by atoms with Gasteiger partial charge in [-0.2, -0.15) is 0 Å². The number of hydrogen-bond acceptors (Lipinski definition) is 7. The molecule has 5 atom stereocenters. The number of sulfonamides is 1. The van der Waals surface area contributed by atoms with Gasteiger partial charge >= 0.3 is 0 Å². The number of rotatable bonds is 5. The van der Waals surface area contributed by atoms with Crippen molar-refractivity contribution in [1.29, 1.82) is 0 Å². The van der Waals surface area contributed by atoms with Crippen molar-refractivity contribution in [2.75, 3.05) is 6.26 Å². The molecule has 206 valence electrons. The van der Waals surface area contributed by atoms with Crippen LogP contribution in [0.5, 0.6) is 0 Å². The maximum absolute atomic E-state index is 13.7. The minimum atomic E-state index is -4.01. The van der Waals surface area contributed by atoms with E-state index in [0.717, 1.165) is 17.0 Å². The largest absolute Gasteiger partial charge is 0.370 e. The molecule has 11 nitrogen and oxygen atoms in total. The zero-order chi connectivity index (χ0) is 27.9. The molecule has 0 radical (unpaired) electrons. The summed E-state index contributed by atoms with van der Waals surface area (Å²) in [5.74, 6) is -2.19. The summed E-state index contributed by atoms with van der Waals surface area (Å²) < 4.78 is 24.1. The molecule has 4 amide bonds. The molecule has 2 aromatic rings. The van der Waals surface area contributed by atoms with Crippen molar-refractivity contribution in [1.82, 2.24) is 19.8 Å². The predicted octanol–water partition coefficient (Wildman–Crippen LogP) is 0.643. The molecule has 5 unspecified atom stereocenters. The fourth-order valence-electron chi connectivity index (χ4n) is 5.64. The van der Waals surface area contributed by atoms with E-state index in [-0.39, 0.29) is 18.9 Å². The van der Waals surface area contributed by atoms with Crippen LogP contribution in [0.2, 0.25) is 0 Å². The van der Waals surface area contributed by atoms with Crippen LogP contribution in [0.3, 0.4) is 0 Å². The highest BCUT2D eigenvalue weighted by Gasteiger charge is 2.48. The van der Waals surface area contributed by atoms with Crippen LogP contribution in [-0.4, -0.2) is 83.0 Å². The van der Waals surface area contributed by atoms with Gasteiger partial charge in [0.1, 0.15) is 12.1 Å². The van der Waals surface area contributed by atoms with Gasteiger partial charge in [-0.25, -0.2) is 12.7 Å². The van der Waals surface area contributed by atoms with Crippen molar-refractivity contribution in [3.05, 3.63) is 60.2 Å². The molecule has 12 heteroatoms. The lowest BCUT2D eigenvalue weighted by atomic mass is 10.0. The second-order valence-corrected chi connectivity index (χ2v) is 12.1. The summed E-state index contributed by atoms with van der Waals surface area (Å²) in [4.78, 5) is 53.8. The summed E-state index contributed by atoms with van der Waals surface area (Å²) >= 11 is 0. The quantitative estimate of drug-likeness (QED) is 0.459. The Hall–Kier alpha value is -3.77. The lowest BCUT2D eigenvalue weighted by molar-refractivity contribution is -0.142. The summed E-state index contributed by atoms with van der Waals surface area (Å²) in [5.41, 5.74) is 0.412. The van der Waals surface area contributed by atoms with Gasteiger partial charge in [0.05, 0.1) is 18.7 Å². The van der Waals surface area contributed by atoms with E-state index < -0.39 is 58.0 Å². The average Bonchev–Trinajstić information content (AvgIpc) is 3.43. The van der Waals surface area contributed by atoms with Crippen LogP contribution in [0.15, 0.2) is 54.6 Å². The Bertz CT molecular complexity index is 1470. The summed E-state index contributed by atoms with van der Waals surface area (Å²) in [6.45, 7) is 0. The maximum Gasteiger partial charge on any atom is 0.251 e. The van der Waals surface area contributed by atoms with Gasteiger partial charge in [0.25, 0.3) is 5.91 Å². The van der Waals surface area contributed by atoms with Crippen molar-refractivity contribution < 1.29 is 32.7 Å².